The molecule has 0 bridgehead atoms. The van der Waals surface area contributed by atoms with Crippen LogP contribution in [0.2, 0.25) is 10.0 Å². The Morgan fingerprint density at radius 2 is 1.96 bits per heavy atom. The topological polar surface area (TPSA) is 62.4 Å². The van der Waals surface area contributed by atoms with Crippen molar-refractivity contribution < 1.29 is 9.53 Å². The molecular formula is C18H19Cl2N3O2. The van der Waals surface area contributed by atoms with Crippen molar-refractivity contribution in [2.45, 2.75) is 12.5 Å². The Labute approximate surface area is 156 Å². The van der Waals surface area contributed by atoms with Crippen LogP contribution >= 0.6 is 23.2 Å². The second-order valence-corrected chi connectivity index (χ2v) is 6.68. The lowest BCUT2D eigenvalue weighted by Gasteiger charge is -2.15. The van der Waals surface area contributed by atoms with Crippen molar-refractivity contribution in [1.82, 2.24) is 16.2 Å². The van der Waals surface area contributed by atoms with E-state index in [9.17, 15) is 4.79 Å². The van der Waals surface area contributed by atoms with Gasteiger partial charge in [0.15, 0.2) is 0 Å². The van der Waals surface area contributed by atoms with Crippen LogP contribution in [0.25, 0.3) is 0 Å². The molecule has 0 aromatic heterocycles. The van der Waals surface area contributed by atoms with Crippen LogP contribution in [0.5, 0.6) is 5.75 Å². The SMILES string of the molecule is COc1cc(C(=O)NCc2cc(Cl)ccc2Cl)ccc1C1CNNC1. The van der Waals surface area contributed by atoms with E-state index in [2.05, 4.69) is 16.2 Å². The maximum Gasteiger partial charge on any atom is 0.251 e. The van der Waals surface area contributed by atoms with Crippen molar-refractivity contribution in [3.8, 4) is 5.75 Å². The molecule has 7 heteroatoms. The molecule has 0 unspecified atom stereocenters. The standard InChI is InChI=1S/C18H19Cl2N3O2/c1-25-17-7-11(2-4-15(17)13-9-22-23-10-13)18(24)21-8-12-6-14(19)3-5-16(12)20/h2-7,13,22-23H,8-10H2,1H3,(H,21,24). The molecule has 2 aromatic carbocycles. The highest BCUT2D eigenvalue weighted by Crippen LogP contribution is 2.28. The Balaban J connectivity index is 1.72. The van der Waals surface area contributed by atoms with Crippen LogP contribution in [-0.2, 0) is 6.54 Å². The van der Waals surface area contributed by atoms with Gasteiger partial charge in [-0.15, -0.1) is 0 Å². The third-order valence-electron chi connectivity index (χ3n) is 4.20. The van der Waals surface area contributed by atoms with Gasteiger partial charge in [-0.05, 0) is 41.5 Å². The molecule has 0 atom stereocenters. The van der Waals surface area contributed by atoms with Crippen LogP contribution < -0.4 is 20.9 Å². The molecule has 0 radical (unpaired) electrons. The molecule has 1 heterocycles. The molecule has 25 heavy (non-hydrogen) atoms. The van der Waals surface area contributed by atoms with Gasteiger partial charge in [-0.2, -0.15) is 0 Å². The number of carbonyl (C=O) groups excluding carboxylic acids is 1. The number of ether oxygens (including phenoxy) is 1. The van der Waals surface area contributed by atoms with E-state index in [1.807, 2.05) is 12.1 Å². The predicted molar refractivity (Wildman–Crippen MR) is 99.4 cm³/mol. The maximum absolute atomic E-state index is 12.4. The van der Waals surface area contributed by atoms with E-state index in [0.29, 0.717) is 33.8 Å². The summed E-state index contributed by atoms with van der Waals surface area (Å²) in [6, 6.07) is 10.7. The summed E-state index contributed by atoms with van der Waals surface area (Å²) in [6.07, 6.45) is 0. The van der Waals surface area contributed by atoms with Crippen molar-refractivity contribution in [2.24, 2.45) is 0 Å². The minimum Gasteiger partial charge on any atom is -0.496 e. The third kappa shape index (κ3) is 4.25. The maximum atomic E-state index is 12.4. The minimum atomic E-state index is -0.191. The van der Waals surface area contributed by atoms with Gasteiger partial charge in [0.25, 0.3) is 5.91 Å². The first-order valence-corrected chi connectivity index (χ1v) is 8.70. The first-order valence-electron chi connectivity index (χ1n) is 7.94. The summed E-state index contributed by atoms with van der Waals surface area (Å²) < 4.78 is 5.47. The summed E-state index contributed by atoms with van der Waals surface area (Å²) in [7, 11) is 1.61. The summed E-state index contributed by atoms with van der Waals surface area (Å²) >= 11 is 12.1. The number of nitrogens with one attached hydrogen (secondary N) is 3. The van der Waals surface area contributed by atoms with Gasteiger partial charge in [0.1, 0.15) is 5.75 Å². The molecule has 0 saturated carbocycles. The van der Waals surface area contributed by atoms with E-state index in [1.165, 1.54) is 0 Å². The zero-order chi connectivity index (χ0) is 17.8. The fourth-order valence-corrected chi connectivity index (χ4v) is 3.21. The Hall–Kier alpha value is -1.79. The second kappa shape index (κ2) is 8.06. The summed E-state index contributed by atoms with van der Waals surface area (Å²) in [4.78, 5) is 12.4. The smallest absolute Gasteiger partial charge is 0.251 e. The molecule has 1 saturated heterocycles. The molecule has 0 aliphatic carbocycles. The van der Waals surface area contributed by atoms with Crippen LogP contribution in [-0.4, -0.2) is 26.1 Å². The Morgan fingerprint density at radius 1 is 1.20 bits per heavy atom. The highest BCUT2D eigenvalue weighted by Gasteiger charge is 2.21. The van der Waals surface area contributed by atoms with Gasteiger partial charge in [-0.1, -0.05) is 29.3 Å². The largest absolute Gasteiger partial charge is 0.496 e. The Morgan fingerprint density at radius 3 is 2.68 bits per heavy atom. The number of hydrogen-bond acceptors (Lipinski definition) is 4. The zero-order valence-corrected chi connectivity index (χ0v) is 15.2. The Kier molecular flexibility index (Phi) is 5.81. The van der Waals surface area contributed by atoms with E-state index in [-0.39, 0.29) is 5.91 Å². The number of halogens is 2. The first kappa shape index (κ1) is 18.0. The number of benzene rings is 2. The lowest BCUT2D eigenvalue weighted by Crippen LogP contribution is -2.23. The lowest BCUT2D eigenvalue weighted by molar-refractivity contribution is 0.0950. The molecule has 1 aliphatic heterocycles. The summed E-state index contributed by atoms with van der Waals surface area (Å²) in [5.74, 6) is 0.838. The molecule has 2 aromatic rings. The fraction of sp³-hybridized carbons (Fsp3) is 0.278. The van der Waals surface area contributed by atoms with Crippen molar-refractivity contribution in [2.75, 3.05) is 20.2 Å². The van der Waals surface area contributed by atoms with Crippen LogP contribution in [0, 0.1) is 0 Å². The van der Waals surface area contributed by atoms with Gasteiger partial charge >= 0.3 is 0 Å². The van der Waals surface area contributed by atoms with Gasteiger partial charge in [0.05, 0.1) is 7.11 Å². The average Bonchev–Trinajstić information content (AvgIpc) is 3.16. The predicted octanol–water partition coefficient (Wildman–Crippen LogP) is 3.12. The van der Waals surface area contributed by atoms with Gasteiger partial charge in [0, 0.05) is 41.2 Å². The number of methoxy groups -OCH3 is 1. The monoisotopic (exact) mass is 379 g/mol. The fourth-order valence-electron chi connectivity index (χ4n) is 2.83. The molecule has 3 N–H and O–H groups in total. The number of amides is 1. The van der Waals surface area contributed by atoms with E-state index < -0.39 is 0 Å². The van der Waals surface area contributed by atoms with Gasteiger partial charge in [-0.3, -0.25) is 15.6 Å². The zero-order valence-electron chi connectivity index (χ0n) is 13.7. The van der Waals surface area contributed by atoms with Gasteiger partial charge < -0.3 is 10.1 Å². The highest BCUT2D eigenvalue weighted by molar-refractivity contribution is 6.33. The molecular weight excluding hydrogens is 361 g/mol. The molecule has 1 aliphatic rings. The molecule has 5 nitrogen and oxygen atoms in total. The van der Waals surface area contributed by atoms with E-state index in [0.717, 1.165) is 24.2 Å². The lowest BCUT2D eigenvalue weighted by atomic mass is 9.97. The summed E-state index contributed by atoms with van der Waals surface area (Å²) in [5.41, 5.74) is 8.59. The van der Waals surface area contributed by atoms with Gasteiger partial charge in [-0.25, -0.2) is 0 Å². The van der Waals surface area contributed by atoms with E-state index in [4.69, 9.17) is 27.9 Å². The van der Waals surface area contributed by atoms with Crippen molar-refractivity contribution >= 4 is 29.1 Å². The first-order chi connectivity index (χ1) is 12.1. The third-order valence-corrected chi connectivity index (χ3v) is 4.81. The van der Waals surface area contributed by atoms with Crippen LogP contribution in [0.1, 0.15) is 27.4 Å². The molecule has 132 valence electrons. The van der Waals surface area contributed by atoms with Gasteiger partial charge in [0.2, 0.25) is 0 Å². The van der Waals surface area contributed by atoms with Crippen LogP contribution in [0.4, 0.5) is 0 Å². The normalized spacial score (nSPS) is 14.5. The van der Waals surface area contributed by atoms with Crippen LogP contribution in [0.15, 0.2) is 36.4 Å². The molecule has 1 amide bonds. The number of hydrazine groups is 1. The minimum absolute atomic E-state index is 0.191. The highest BCUT2D eigenvalue weighted by atomic mass is 35.5. The van der Waals surface area contributed by atoms with Crippen molar-refractivity contribution in [1.29, 1.82) is 0 Å². The van der Waals surface area contributed by atoms with Crippen molar-refractivity contribution in [3.05, 3.63) is 63.1 Å². The van der Waals surface area contributed by atoms with E-state index in [1.54, 1.807) is 31.4 Å². The van der Waals surface area contributed by atoms with Crippen LogP contribution in [0.3, 0.4) is 0 Å². The van der Waals surface area contributed by atoms with Crippen molar-refractivity contribution in [3.63, 3.8) is 0 Å². The summed E-state index contributed by atoms with van der Waals surface area (Å²) in [6.45, 7) is 1.96. The number of carbonyl (C=O) groups is 1. The van der Waals surface area contributed by atoms with E-state index >= 15 is 0 Å². The second-order valence-electron chi connectivity index (χ2n) is 5.83. The quantitative estimate of drug-likeness (QED) is 0.746. The Bertz CT molecular complexity index is 777. The summed E-state index contributed by atoms with van der Waals surface area (Å²) in [5, 5.41) is 4.01. The molecule has 0 spiro atoms. The number of rotatable bonds is 5. The number of hydrogen-bond donors (Lipinski definition) is 3. The molecule has 1 fully saturated rings. The molecule has 3 rings (SSSR count). The average molecular weight is 380 g/mol.